The summed E-state index contributed by atoms with van der Waals surface area (Å²) >= 11 is 10.8. The van der Waals surface area contributed by atoms with Crippen LogP contribution < -0.4 is 10.5 Å². The quantitative estimate of drug-likeness (QED) is 0.787. The highest BCUT2D eigenvalue weighted by Gasteiger charge is 2.22. The molecule has 104 valence electrons. The van der Waals surface area contributed by atoms with Crippen molar-refractivity contribution >= 4 is 38.8 Å². The molecule has 1 saturated carbocycles. The van der Waals surface area contributed by atoms with Gasteiger partial charge in [0.05, 0.1) is 9.92 Å². The van der Waals surface area contributed by atoms with Crippen LogP contribution in [0.2, 0.25) is 5.02 Å². The Morgan fingerprint density at radius 1 is 1.47 bits per heavy atom. The van der Waals surface area contributed by atoms with Crippen LogP contribution in [0.3, 0.4) is 0 Å². The van der Waals surface area contributed by atoms with E-state index < -0.39 is 10.0 Å². The second kappa shape index (κ2) is 5.75. The lowest BCUT2D eigenvalue weighted by molar-refractivity contribution is 0.575. The summed E-state index contributed by atoms with van der Waals surface area (Å²) in [6.07, 6.45) is 3.30. The Hall–Kier alpha value is -0.690. The number of benzene rings is 1. The lowest BCUT2D eigenvalue weighted by Crippen LogP contribution is -2.25. The highest BCUT2D eigenvalue weighted by Crippen LogP contribution is 2.31. The van der Waals surface area contributed by atoms with E-state index in [4.69, 9.17) is 29.6 Å². The fourth-order valence-electron chi connectivity index (χ4n) is 1.75. The van der Waals surface area contributed by atoms with Crippen LogP contribution >= 0.6 is 23.8 Å². The monoisotopic (exact) mass is 318 g/mol. The lowest BCUT2D eigenvalue weighted by atomic mass is 10.2. The van der Waals surface area contributed by atoms with Crippen molar-refractivity contribution in [3.05, 3.63) is 28.8 Å². The van der Waals surface area contributed by atoms with Crippen LogP contribution in [0.25, 0.3) is 0 Å². The van der Waals surface area contributed by atoms with Gasteiger partial charge in [0.15, 0.2) is 0 Å². The van der Waals surface area contributed by atoms with E-state index in [1.165, 1.54) is 31.0 Å². The Morgan fingerprint density at radius 3 is 2.68 bits per heavy atom. The van der Waals surface area contributed by atoms with Crippen molar-refractivity contribution in [1.29, 1.82) is 0 Å². The summed E-state index contributed by atoms with van der Waals surface area (Å²) in [5.41, 5.74) is 5.96. The molecule has 0 saturated heterocycles. The number of thiocarbonyl (C=S) groups is 1. The topological polar surface area (TPSA) is 72.2 Å². The summed E-state index contributed by atoms with van der Waals surface area (Å²) < 4.78 is 26.6. The number of hydrogen-bond donors (Lipinski definition) is 2. The molecule has 4 nitrogen and oxygen atoms in total. The Kier molecular flexibility index (Phi) is 4.45. The van der Waals surface area contributed by atoms with Gasteiger partial charge in [-0.05, 0) is 30.5 Å². The Bertz CT molecular complexity index is 598. The Labute approximate surface area is 123 Å². The van der Waals surface area contributed by atoms with Crippen molar-refractivity contribution in [1.82, 2.24) is 4.72 Å². The maximum atomic E-state index is 12.0. The normalized spacial score (nSPS) is 15.4. The van der Waals surface area contributed by atoms with Crippen LogP contribution in [-0.2, 0) is 10.0 Å². The average Bonchev–Trinajstić information content (AvgIpc) is 3.12. The van der Waals surface area contributed by atoms with Crippen LogP contribution in [0, 0.1) is 5.92 Å². The van der Waals surface area contributed by atoms with Gasteiger partial charge in [-0.3, -0.25) is 0 Å². The first kappa shape index (κ1) is 14.7. The third kappa shape index (κ3) is 3.89. The maximum Gasteiger partial charge on any atom is 0.240 e. The molecule has 0 spiro atoms. The van der Waals surface area contributed by atoms with E-state index in [9.17, 15) is 8.42 Å². The Balaban J connectivity index is 2.10. The zero-order valence-corrected chi connectivity index (χ0v) is 12.6. The molecule has 7 heteroatoms. The molecule has 0 heterocycles. The molecule has 2 rings (SSSR count). The minimum atomic E-state index is -3.51. The largest absolute Gasteiger partial charge is 0.389 e. The van der Waals surface area contributed by atoms with E-state index in [-0.39, 0.29) is 14.9 Å². The number of nitrogens with two attached hydrogens (primary N) is 1. The minimum Gasteiger partial charge on any atom is -0.389 e. The number of halogens is 1. The number of sulfonamides is 1. The van der Waals surface area contributed by atoms with Crippen molar-refractivity contribution in [2.75, 3.05) is 6.54 Å². The summed E-state index contributed by atoms with van der Waals surface area (Å²) in [5.74, 6) is 0.684. The molecule has 0 aliphatic heterocycles. The van der Waals surface area contributed by atoms with Crippen molar-refractivity contribution in [3.8, 4) is 0 Å². The van der Waals surface area contributed by atoms with E-state index in [2.05, 4.69) is 4.72 Å². The van der Waals surface area contributed by atoms with Gasteiger partial charge in [-0.15, -0.1) is 0 Å². The second-order valence-electron chi connectivity index (χ2n) is 4.64. The van der Waals surface area contributed by atoms with E-state index >= 15 is 0 Å². The molecule has 0 unspecified atom stereocenters. The number of hydrogen-bond acceptors (Lipinski definition) is 3. The van der Waals surface area contributed by atoms with Crippen LogP contribution in [0.4, 0.5) is 0 Å². The first-order valence-corrected chi connectivity index (χ1v) is 8.26. The first-order chi connectivity index (χ1) is 8.90. The van der Waals surface area contributed by atoms with E-state index in [0.717, 1.165) is 6.42 Å². The Morgan fingerprint density at radius 2 is 2.16 bits per heavy atom. The summed E-state index contributed by atoms with van der Waals surface area (Å²) in [7, 11) is -3.51. The van der Waals surface area contributed by atoms with Crippen LogP contribution in [0.1, 0.15) is 24.8 Å². The van der Waals surface area contributed by atoms with Gasteiger partial charge >= 0.3 is 0 Å². The average molecular weight is 319 g/mol. The zero-order chi connectivity index (χ0) is 14.0. The van der Waals surface area contributed by atoms with Crippen LogP contribution in [0.5, 0.6) is 0 Å². The molecule has 0 atom stereocenters. The zero-order valence-electron chi connectivity index (χ0n) is 10.2. The molecule has 0 radical (unpaired) electrons. The van der Waals surface area contributed by atoms with E-state index in [1.54, 1.807) is 0 Å². The highest BCUT2D eigenvalue weighted by atomic mass is 35.5. The van der Waals surface area contributed by atoms with Gasteiger partial charge in [-0.1, -0.05) is 36.7 Å². The minimum absolute atomic E-state index is 0.133. The highest BCUT2D eigenvalue weighted by molar-refractivity contribution is 7.89. The van der Waals surface area contributed by atoms with Crippen molar-refractivity contribution in [2.45, 2.75) is 24.2 Å². The van der Waals surface area contributed by atoms with Gasteiger partial charge in [-0.25, -0.2) is 13.1 Å². The van der Waals surface area contributed by atoms with Crippen LogP contribution in [-0.4, -0.2) is 20.0 Å². The number of nitrogens with one attached hydrogen (secondary N) is 1. The van der Waals surface area contributed by atoms with Crippen molar-refractivity contribution in [2.24, 2.45) is 11.7 Å². The molecule has 0 amide bonds. The molecule has 1 aromatic rings. The van der Waals surface area contributed by atoms with Gasteiger partial charge < -0.3 is 5.73 Å². The van der Waals surface area contributed by atoms with Crippen molar-refractivity contribution < 1.29 is 8.42 Å². The molecule has 3 N–H and O–H groups in total. The van der Waals surface area contributed by atoms with E-state index in [1.807, 2.05) is 0 Å². The summed E-state index contributed by atoms with van der Waals surface area (Å²) in [6, 6.07) is 4.36. The summed E-state index contributed by atoms with van der Waals surface area (Å²) in [4.78, 5) is 0.281. The fourth-order valence-corrected chi connectivity index (χ4v) is 3.40. The van der Waals surface area contributed by atoms with Crippen LogP contribution in [0.15, 0.2) is 23.1 Å². The van der Waals surface area contributed by atoms with Gasteiger partial charge in [0.2, 0.25) is 10.0 Å². The molecule has 1 aliphatic rings. The van der Waals surface area contributed by atoms with Crippen molar-refractivity contribution in [3.63, 3.8) is 0 Å². The first-order valence-electron chi connectivity index (χ1n) is 5.99. The van der Waals surface area contributed by atoms with Gasteiger partial charge in [-0.2, -0.15) is 0 Å². The molecule has 1 aromatic carbocycles. The molecular formula is C12H15ClN2O2S2. The van der Waals surface area contributed by atoms with Gasteiger partial charge in [0, 0.05) is 12.1 Å². The SMILES string of the molecule is NC(=S)c1ccc(S(=O)(=O)NCCC2CC2)cc1Cl. The smallest absolute Gasteiger partial charge is 0.240 e. The standard InChI is InChI=1S/C12H15ClN2O2S2/c13-11-7-9(3-4-10(11)12(14)18)19(16,17)15-6-5-8-1-2-8/h3-4,7-8,15H,1-2,5-6H2,(H2,14,18). The molecule has 19 heavy (non-hydrogen) atoms. The lowest BCUT2D eigenvalue weighted by Gasteiger charge is -2.08. The summed E-state index contributed by atoms with van der Waals surface area (Å²) in [5, 5.41) is 0.248. The molecule has 1 aliphatic carbocycles. The third-order valence-electron chi connectivity index (χ3n) is 3.06. The maximum absolute atomic E-state index is 12.0. The molecule has 1 fully saturated rings. The van der Waals surface area contributed by atoms with Gasteiger partial charge in [0.25, 0.3) is 0 Å². The molecule has 0 bridgehead atoms. The molecule has 0 aromatic heterocycles. The number of rotatable bonds is 6. The van der Waals surface area contributed by atoms with Gasteiger partial charge in [0.1, 0.15) is 4.99 Å². The molecular weight excluding hydrogens is 304 g/mol. The fraction of sp³-hybridized carbons (Fsp3) is 0.417. The second-order valence-corrected chi connectivity index (χ2v) is 7.25. The third-order valence-corrected chi connectivity index (χ3v) is 5.05. The predicted octanol–water partition coefficient (Wildman–Crippen LogP) is 2.05. The predicted molar refractivity (Wildman–Crippen MR) is 79.9 cm³/mol. The summed E-state index contributed by atoms with van der Waals surface area (Å²) in [6.45, 7) is 0.460. The van der Waals surface area contributed by atoms with E-state index in [0.29, 0.717) is 18.0 Å².